The zero-order valence-corrected chi connectivity index (χ0v) is 21.8. The highest BCUT2D eigenvalue weighted by atomic mass is 32.2. The second kappa shape index (κ2) is 10.1. The van der Waals surface area contributed by atoms with Crippen LogP contribution in [0.3, 0.4) is 0 Å². The van der Waals surface area contributed by atoms with Crippen LogP contribution in [0.25, 0.3) is 11.2 Å². The Morgan fingerprint density at radius 1 is 0.895 bits per heavy atom. The van der Waals surface area contributed by atoms with Gasteiger partial charge in [0.05, 0.1) is 23.0 Å². The minimum atomic E-state index is -3.47. The Hall–Kier alpha value is -3.96. The van der Waals surface area contributed by atoms with E-state index in [-0.39, 0.29) is 0 Å². The lowest BCUT2D eigenvalue weighted by Gasteiger charge is -2.16. The summed E-state index contributed by atoms with van der Waals surface area (Å²) in [5, 5.41) is 11.4. The Balaban J connectivity index is 1.35. The van der Waals surface area contributed by atoms with Gasteiger partial charge in [0, 0.05) is 30.4 Å². The van der Waals surface area contributed by atoms with Crippen molar-refractivity contribution in [2.24, 2.45) is 0 Å². The number of hydrogen-bond acceptors (Lipinski definition) is 8. The zero-order chi connectivity index (χ0) is 26.1. The third kappa shape index (κ3) is 4.82. The van der Waals surface area contributed by atoms with Crippen molar-refractivity contribution in [3.05, 3.63) is 66.5 Å². The van der Waals surface area contributed by atoms with Crippen LogP contribution in [0, 0.1) is 0 Å². The van der Waals surface area contributed by atoms with E-state index < -0.39 is 10.0 Å². The topological polar surface area (TPSA) is 131 Å². The van der Waals surface area contributed by atoms with E-state index in [0.717, 1.165) is 54.7 Å². The first-order valence-electron chi connectivity index (χ1n) is 12.9. The number of fused-ring (bicyclic) bond motifs is 1. The third-order valence-electron chi connectivity index (χ3n) is 7.00. The van der Waals surface area contributed by atoms with Gasteiger partial charge in [-0.15, -0.1) is 0 Å². The summed E-state index contributed by atoms with van der Waals surface area (Å²) in [5.74, 6) is 1.76. The average Bonchev–Trinajstić information content (AvgIpc) is 3.62. The van der Waals surface area contributed by atoms with Crippen molar-refractivity contribution in [1.82, 2.24) is 23.9 Å². The van der Waals surface area contributed by atoms with Gasteiger partial charge in [0.1, 0.15) is 17.5 Å². The van der Waals surface area contributed by atoms with E-state index in [1.54, 1.807) is 45.3 Å². The lowest BCUT2D eigenvalue weighted by Crippen LogP contribution is -2.27. The number of sulfonamides is 1. The molecule has 1 saturated heterocycles. The smallest absolute Gasteiger partial charge is 0.243 e. The maximum Gasteiger partial charge on any atom is 0.243 e. The molecule has 1 fully saturated rings. The molecule has 0 bridgehead atoms. The lowest BCUT2D eigenvalue weighted by molar-refractivity contribution is 0.477. The summed E-state index contributed by atoms with van der Waals surface area (Å²) < 4.78 is 29.2. The summed E-state index contributed by atoms with van der Waals surface area (Å²) >= 11 is 0. The Bertz CT molecular complexity index is 1590. The molecule has 1 aliphatic heterocycles. The predicted octanol–water partition coefficient (Wildman–Crippen LogP) is 4.94. The molecule has 0 atom stereocenters. The molecule has 0 unspecified atom stereocenters. The van der Waals surface area contributed by atoms with Gasteiger partial charge in [-0.3, -0.25) is 0 Å². The van der Waals surface area contributed by atoms with Gasteiger partial charge in [0.25, 0.3) is 0 Å². The van der Waals surface area contributed by atoms with Crippen LogP contribution < -0.4 is 16.4 Å². The summed E-state index contributed by atoms with van der Waals surface area (Å²) in [6.07, 6.45) is 12.0. The Morgan fingerprint density at radius 3 is 2.39 bits per heavy atom. The van der Waals surface area contributed by atoms with Gasteiger partial charge in [-0.1, -0.05) is 6.08 Å². The van der Waals surface area contributed by atoms with E-state index >= 15 is 0 Å². The summed E-state index contributed by atoms with van der Waals surface area (Å²) in [4.78, 5) is 9.34. The van der Waals surface area contributed by atoms with Gasteiger partial charge >= 0.3 is 0 Å². The van der Waals surface area contributed by atoms with Crippen molar-refractivity contribution >= 4 is 50.1 Å². The number of pyridine rings is 1. The molecule has 10 nitrogen and oxygen atoms in total. The summed E-state index contributed by atoms with van der Waals surface area (Å²) in [6, 6.07) is 12.3. The molecule has 11 heteroatoms. The minimum Gasteiger partial charge on any atom is -0.384 e. The van der Waals surface area contributed by atoms with Gasteiger partial charge in [-0.25, -0.2) is 18.4 Å². The molecule has 4 aromatic rings. The van der Waals surface area contributed by atoms with E-state index in [1.807, 2.05) is 18.3 Å². The molecule has 0 saturated carbocycles. The molecular weight excluding hydrogens is 500 g/mol. The normalized spacial score (nSPS) is 16.5. The number of aromatic nitrogens is 4. The van der Waals surface area contributed by atoms with Gasteiger partial charge in [0.2, 0.25) is 10.0 Å². The van der Waals surface area contributed by atoms with Crippen LogP contribution in [0.1, 0.15) is 44.1 Å². The van der Waals surface area contributed by atoms with Crippen LogP contribution in [-0.4, -0.2) is 45.4 Å². The molecule has 38 heavy (non-hydrogen) atoms. The fourth-order valence-corrected chi connectivity index (χ4v) is 6.51. The maximum absolute atomic E-state index is 12.9. The minimum absolute atomic E-state index is 0.300. The molecule has 0 amide bonds. The monoisotopic (exact) mass is 530 g/mol. The Morgan fingerprint density at radius 2 is 1.68 bits per heavy atom. The molecule has 3 aromatic heterocycles. The molecule has 2 aliphatic rings. The quantitative estimate of drug-likeness (QED) is 0.306. The largest absolute Gasteiger partial charge is 0.384 e. The Kier molecular flexibility index (Phi) is 6.46. The van der Waals surface area contributed by atoms with Gasteiger partial charge in [-0.2, -0.15) is 13.9 Å². The number of hydrogen-bond donors (Lipinski definition) is 3. The van der Waals surface area contributed by atoms with Crippen LogP contribution in [-0.2, 0) is 10.0 Å². The number of allylic oxidation sites excluding steroid dienone is 2. The molecule has 4 N–H and O–H groups in total. The number of anilines is 5. The number of nitrogens with two attached hydrogens (primary N) is 1. The van der Waals surface area contributed by atoms with Crippen molar-refractivity contribution in [1.29, 1.82) is 0 Å². The van der Waals surface area contributed by atoms with Crippen molar-refractivity contribution in [3.63, 3.8) is 0 Å². The van der Waals surface area contributed by atoms with Crippen molar-refractivity contribution in [2.45, 2.75) is 43.4 Å². The molecule has 0 radical (unpaired) electrons. The fourth-order valence-electron chi connectivity index (χ4n) is 4.99. The van der Waals surface area contributed by atoms with E-state index in [0.29, 0.717) is 35.4 Å². The van der Waals surface area contributed by atoms with Gasteiger partial charge in [-0.05, 0) is 80.5 Å². The highest BCUT2D eigenvalue weighted by molar-refractivity contribution is 7.89. The highest BCUT2D eigenvalue weighted by Gasteiger charge is 2.27. The van der Waals surface area contributed by atoms with E-state index in [2.05, 4.69) is 26.8 Å². The number of nitrogen functional groups attached to an aromatic ring is 1. The van der Waals surface area contributed by atoms with Crippen LogP contribution >= 0.6 is 0 Å². The average molecular weight is 531 g/mol. The lowest BCUT2D eigenvalue weighted by atomic mass is 9.95. The number of rotatable bonds is 7. The fraction of sp³-hybridized carbons (Fsp3) is 0.296. The van der Waals surface area contributed by atoms with E-state index in [9.17, 15) is 8.42 Å². The molecular formula is C27H30N8O2S. The molecule has 1 aliphatic carbocycles. The second-order valence-electron chi connectivity index (χ2n) is 9.65. The molecule has 0 spiro atoms. The van der Waals surface area contributed by atoms with E-state index in [4.69, 9.17) is 10.7 Å². The highest BCUT2D eigenvalue weighted by Crippen LogP contribution is 2.32. The van der Waals surface area contributed by atoms with Gasteiger partial charge in [0.15, 0.2) is 5.65 Å². The maximum atomic E-state index is 12.9. The number of benzene rings is 1. The summed E-state index contributed by atoms with van der Waals surface area (Å²) in [5.41, 5.74) is 10.3. The van der Waals surface area contributed by atoms with Crippen LogP contribution in [0.2, 0.25) is 0 Å². The SMILES string of the molecule is Nc1ccc(Nc2cc(Nc3ccc(S(=O)(=O)N4CCCC4)cc3)n3ncc(C4=CCCCC4)c3n2)cn1. The van der Waals surface area contributed by atoms with Crippen molar-refractivity contribution in [2.75, 3.05) is 29.5 Å². The number of nitrogens with one attached hydrogen (secondary N) is 2. The van der Waals surface area contributed by atoms with E-state index in [1.165, 1.54) is 12.0 Å². The molecule has 4 heterocycles. The first-order valence-corrected chi connectivity index (χ1v) is 14.4. The first kappa shape index (κ1) is 24.4. The van der Waals surface area contributed by atoms with Crippen LogP contribution in [0.15, 0.2) is 65.8 Å². The summed E-state index contributed by atoms with van der Waals surface area (Å²) in [7, 11) is -3.47. The van der Waals surface area contributed by atoms with Crippen molar-refractivity contribution < 1.29 is 8.42 Å². The number of nitrogens with zero attached hydrogens (tertiary/aromatic N) is 5. The Labute approximate surface area is 221 Å². The third-order valence-corrected chi connectivity index (χ3v) is 8.91. The second-order valence-corrected chi connectivity index (χ2v) is 11.6. The zero-order valence-electron chi connectivity index (χ0n) is 21.0. The van der Waals surface area contributed by atoms with Crippen LogP contribution in [0.4, 0.5) is 28.8 Å². The van der Waals surface area contributed by atoms with Gasteiger partial charge < -0.3 is 16.4 Å². The van der Waals surface area contributed by atoms with Crippen molar-refractivity contribution in [3.8, 4) is 0 Å². The summed E-state index contributed by atoms with van der Waals surface area (Å²) in [6.45, 7) is 1.16. The first-order chi connectivity index (χ1) is 18.5. The predicted molar refractivity (Wildman–Crippen MR) is 149 cm³/mol. The standard InChI is InChI=1S/C27H30N8O2S/c28-24-13-10-21(17-29-24)31-25-16-26(35-27(33-25)23(18-30-35)19-6-2-1-3-7-19)32-20-8-11-22(12-9-20)38(36,37)34-14-4-5-15-34/h6,8-13,16-18,32H,1-5,7,14-15H2,(H2,28,29)(H,31,33). The molecule has 1 aromatic carbocycles. The van der Waals surface area contributed by atoms with Crippen LogP contribution in [0.5, 0.6) is 0 Å². The molecule has 6 rings (SSSR count). The molecule has 196 valence electrons.